The Morgan fingerprint density at radius 1 is 1.29 bits per heavy atom. The molecular formula is C9H15BN2O4S. The van der Waals surface area contributed by atoms with E-state index in [1.54, 1.807) is 20.8 Å². The van der Waals surface area contributed by atoms with E-state index in [9.17, 15) is 8.42 Å². The van der Waals surface area contributed by atoms with Crippen molar-refractivity contribution in [2.24, 2.45) is 0 Å². The topological polar surface area (TPSA) is 99.5 Å². The predicted octanol–water partition coefficient (Wildman–Crippen LogP) is -1.16. The fraction of sp³-hybridized carbons (Fsp3) is 0.444. The number of rotatable bonds is 3. The summed E-state index contributed by atoms with van der Waals surface area (Å²) < 4.78 is 26.3. The summed E-state index contributed by atoms with van der Waals surface area (Å²) in [6.07, 6.45) is 2.35. The van der Waals surface area contributed by atoms with Gasteiger partial charge in [0.25, 0.3) is 0 Å². The van der Waals surface area contributed by atoms with Gasteiger partial charge in [-0.3, -0.25) is 4.98 Å². The van der Waals surface area contributed by atoms with E-state index >= 15 is 0 Å². The molecule has 0 fully saturated rings. The lowest BCUT2D eigenvalue weighted by Gasteiger charge is -2.20. The fourth-order valence-electron chi connectivity index (χ4n) is 1.19. The zero-order chi connectivity index (χ0) is 13.3. The minimum absolute atomic E-state index is 0.0294. The molecule has 3 N–H and O–H groups in total. The number of hydrogen-bond acceptors (Lipinski definition) is 5. The van der Waals surface area contributed by atoms with Gasteiger partial charge in [-0.2, -0.15) is 0 Å². The lowest BCUT2D eigenvalue weighted by Crippen LogP contribution is -2.41. The molecule has 0 unspecified atom stereocenters. The number of hydrogen-bond donors (Lipinski definition) is 3. The highest BCUT2D eigenvalue weighted by Crippen LogP contribution is 2.10. The molecule has 1 rings (SSSR count). The molecule has 0 aliphatic heterocycles. The van der Waals surface area contributed by atoms with Crippen LogP contribution >= 0.6 is 0 Å². The van der Waals surface area contributed by atoms with Crippen molar-refractivity contribution in [2.75, 3.05) is 0 Å². The molecule has 94 valence electrons. The largest absolute Gasteiger partial charge is 0.490 e. The summed E-state index contributed by atoms with van der Waals surface area (Å²) in [4.78, 5) is 3.56. The van der Waals surface area contributed by atoms with Crippen molar-refractivity contribution in [1.29, 1.82) is 0 Å². The van der Waals surface area contributed by atoms with E-state index in [1.165, 1.54) is 12.3 Å². The van der Waals surface area contributed by atoms with Gasteiger partial charge >= 0.3 is 7.12 Å². The van der Waals surface area contributed by atoms with Gasteiger partial charge in [-0.25, -0.2) is 13.1 Å². The Morgan fingerprint density at radius 3 is 2.35 bits per heavy atom. The van der Waals surface area contributed by atoms with Crippen molar-refractivity contribution >= 4 is 22.6 Å². The standard InChI is InChI=1S/C9H15BN2O4S/c1-9(2,3)12-17(15,16)8-4-7(10(13)14)5-11-6-8/h4-6,12-14H,1-3H3. The first-order valence-corrected chi connectivity index (χ1v) is 6.45. The van der Waals surface area contributed by atoms with Gasteiger partial charge in [0.1, 0.15) is 0 Å². The van der Waals surface area contributed by atoms with E-state index in [-0.39, 0.29) is 10.4 Å². The van der Waals surface area contributed by atoms with Crippen molar-refractivity contribution in [3.63, 3.8) is 0 Å². The number of nitrogens with one attached hydrogen (secondary N) is 1. The van der Waals surface area contributed by atoms with Crippen LogP contribution in [0.4, 0.5) is 0 Å². The van der Waals surface area contributed by atoms with Crippen molar-refractivity contribution in [1.82, 2.24) is 9.71 Å². The molecule has 0 atom stereocenters. The zero-order valence-corrected chi connectivity index (χ0v) is 10.7. The van der Waals surface area contributed by atoms with Crippen LogP contribution in [0.1, 0.15) is 20.8 Å². The quantitative estimate of drug-likeness (QED) is 0.594. The molecule has 8 heteroatoms. The second-order valence-electron chi connectivity index (χ2n) is 4.68. The third kappa shape index (κ3) is 4.08. The molecule has 0 saturated carbocycles. The molecule has 0 spiro atoms. The van der Waals surface area contributed by atoms with Crippen LogP contribution in [0.5, 0.6) is 0 Å². The summed E-state index contributed by atoms with van der Waals surface area (Å²) >= 11 is 0. The molecule has 0 bridgehead atoms. The Morgan fingerprint density at radius 2 is 1.88 bits per heavy atom. The smallest absolute Gasteiger partial charge is 0.423 e. The average Bonchev–Trinajstić information content (AvgIpc) is 2.14. The first-order valence-electron chi connectivity index (χ1n) is 4.97. The lowest BCUT2D eigenvalue weighted by atomic mass is 9.82. The molecule has 6 nitrogen and oxygen atoms in total. The van der Waals surface area contributed by atoms with Gasteiger partial charge in [0.05, 0.1) is 4.90 Å². The van der Waals surface area contributed by atoms with Gasteiger partial charge < -0.3 is 10.0 Å². The van der Waals surface area contributed by atoms with Gasteiger partial charge in [0.2, 0.25) is 10.0 Å². The summed E-state index contributed by atoms with van der Waals surface area (Å²) in [7, 11) is -5.45. The lowest BCUT2D eigenvalue weighted by molar-refractivity contribution is 0.425. The Balaban J connectivity index is 3.12. The highest BCUT2D eigenvalue weighted by Gasteiger charge is 2.23. The molecule has 1 aromatic rings. The number of pyridine rings is 1. The van der Waals surface area contributed by atoms with Crippen LogP contribution in [-0.2, 0) is 10.0 Å². The summed E-state index contributed by atoms with van der Waals surface area (Å²) in [5.41, 5.74) is -0.589. The molecule has 0 aliphatic carbocycles. The maximum absolute atomic E-state index is 11.9. The molecule has 17 heavy (non-hydrogen) atoms. The van der Waals surface area contributed by atoms with Crippen LogP contribution in [-0.4, -0.2) is 36.1 Å². The van der Waals surface area contributed by atoms with Gasteiger partial charge in [-0.1, -0.05) is 0 Å². The molecule has 0 amide bonds. The molecule has 0 aliphatic rings. The zero-order valence-electron chi connectivity index (χ0n) is 9.88. The first-order chi connectivity index (χ1) is 7.62. The monoisotopic (exact) mass is 258 g/mol. The molecule has 1 heterocycles. The fourth-order valence-corrected chi connectivity index (χ4v) is 2.60. The van der Waals surface area contributed by atoms with Crippen LogP contribution in [0.2, 0.25) is 0 Å². The Bertz CT molecular complexity index is 496. The first kappa shape index (κ1) is 14.1. The molecule has 1 aromatic heterocycles. The van der Waals surface area contributed by atoms with Crippen molar-refractivity contribution in [3.8, 4) is 0 Å². The highest BCUT2D eigenvalue weighted by atomic mass is 32.2. The van der Waals surface area contributed by atoms with Crippen LogP contribution in [0.25, 0.3) is 0 Å². The summed E-state index contributed by atoms with van der Waals surface area (Å²) in [6.45, 7) is 5.13. The van der Waals surface area contributed by atoms with Crippen molar-refractivity contribution in [2.45, 2.75) is 31.2 Å². The SMILES string of the molecule is CC(C)(C)NS(=O)(=O)c1cncc(B(O)O)c1. The van der Waals surface area contributed by atoms with Crippen molar-refractivity contribution < 1.29 is 18.5 Å². The minimum Gasteiger partial charge on any atom is -0.423 e. The number of sulfonamides is 1. The van der Waals surface area contributed by atoms with E-state index in [1.807, 2.05) is 0 Å². The van der Waals surface area contributed by atoms with E-state index in [0.29, 0.717) is 0 Å². The van der Waals surface area contributed by atoms with E-state index in [4.69, 9.17) is 10.0 Å². The van der Waals surface area contributed by atoms with E-state index < -0.39 is 22.7 Å². The second-order valence-corrected chi connectivity index (χ2v) is 6.37. The summed E-state index contributed by atoms with van der Waals surface area (Å²) in [5.74, 6) is 0. The summed E-state index contributed by atoms with van der Waals surface area (Å²) in [6, 6.07) is 1.17. The van der Waals surface area contributed by atoms with Crippen LogP contribution < -0.4 is 10.2 Å². The van der Waals surface area contributed by atoms with Gasteiger partial charge in [0, 0.05) is 23.4 Å². The van der Waals surface area contributed by atoms with Crippen LogP contribution in [0.3, 0.4) is 0 Å². The molecular weight excluding hydrogens is 243 g/mol. The van der Waals surface area contributed by atoms with E-state index in [2.05, 4.69) is 9.71 Å². The van der Waals surface area contributed by atoms with Crippen molar-refractivity contribution in [3.05, 3.63) is 18.5 Å². The van der Waals surface area contributed by atoms with Gasteiger partial charge in [-0.15, -0.1) is 0 Å². The normalized spacial score (nSPS) is 12.5. The van der Waals surface area contributed by atoms with E-state index in [0.717, 1.165) is 6.20 Å². The van der Waals surface area contributed by atoms with Crippen LogP contribution in [0, 0.1) is 0 Å². The second kappa shape index (κ2) is 4.73. The Kier molecular flexibility index (Phi) is 3.93. The Labute approximate surface area is 101 Å². The number of aromatic nitrogens is 1. The average molecular weight is 258 g/mol. The van der Waals surface area contributed by atoms with Gasteiger partial charge in [-0.05, 0) is 26.8 Å². The highest BCUT2D eigenvalue weighted by molar-refractivity contribution is 7.89. The molecule has 0 saturated heterocycles. The maximum atomic E-state index is 11.9. The number of nitrogens with zero attached hydrogens (tertiary/aromatic N) is 1. The maximum Gasteiger partial charge on any atom is 0.490 e. The van der Waals surface area contributed by atoms with Gasteiger partial charge in [0.15, 0.2) is 0 Å². The summed E-state index contributed by atoms with van der Waals surface area (Å²) in [5, 5.41) is 17.9. The van der Waals surface area contributed by atoms with Crippen LogP contribution in [0.15, 0.2) is 23.4 Å². The molecule has 0 aromatic carbocycles. The predicted molar refractivity (Wildman–Crippen MR) is 64.1 cm³/mol. The Hall–Kier alpha value is -0.955. The third-order valence-corrected chi connectivity index (χ3v) is 3.51. The molecule has 0 radical (unpaired) electrons. The third-order valence-electron chi connectivity index (χ3n) is 1.78. The minimum atomic E-state index is -3.71.